The summed E-state index contributed by atoms with van der Waals surface area (Å²) in [4.78, 5) is 22.5. The fourth-order valence-electron chi connectivity index (χ4n) is 5.20. The van der Waals surface area contributed by atoms with Crippen LogP contribution < -0.4 is 10.2 Å². The van der Waals surface area contributed by atoms with Gasteiger partial charge in [-0.2, -0.15) is 15.0 Å². The first-order chi connectivity index (χ1) is 19.7. The van der Waals surface area contributed by atoms with Gasteiger partial charge < -0.3 is 19.9 Å². The second kappa shape index (κ2) is 13.5. The highest BCUT2D eigenvalue weighted by molar-refractivity contribution is 5.77. The first-order valence-corrected chi connectivity index (χ1v) is 14.0. The van der Waals surface area contributed by atoms with Crippen molar-refractivity contribution in [2.75, 3.05) is 57.2 Å². The van der Waals surface area contributed by atoms with E-state index in [1.54, 1.807) is 24.3 Å². The van der Waals surface area contributed by atoms with Crippen LogP contribution in [0.5, 0.6) is 0 Å². The Morgan fingerprint density at radius 1 is 0.929 bits per heavy atom. The molecule has 0 atom stereocenters. The van der Waals surface area contributed by atoms with Gasteiger partial charge in [0.05, 0.1) is 24.2 Å². The van der Waals surface area contributed by atoms with Crippen molar-refractivity contribution in [1.29, 1.82) is 0 Å². The standard InChI is InChI=1S/C30H38F2N8O.CH4/c1-30(2,20-22-11-6-5-10-21(22)12-9-15-38(3)4)37-27-34-28(39-16-18-41-19-17-39)36-29(35-27)40-24-14-8-7-13-23(24)33-26(40)25(31)32;/h5-8,10-11,13-14,25H,9,12,15-20H2,1-4H3,(H,34,35,36,37);1H4. The van der Waals surface area contributed by atoms with Crippen LogP contribution >= 0.6 is 0 Å². The van der Waals surface area contributed by atoms with Gasteiger partial charge in [-0.15, -0.1) is 0 Å². The number of imidazole rings is 1. The van der Waals surface area contributed by atoms with Crippen molar-refractivity contribution >= 4 is 22.9 Å². The number of ether oxygens (including phenoxy) is 1. The minimum atomic E-state index is -2.80. The van der Waals surface area contributed by atoms with Gasteiger partial charge in [-0.3, -0.25) is 4.57 Å². The molecule has 1 saturated heterocycles. The van der Waals surface area contributed by atoms with Gasteiger partial charge >= 0.3 is 0 Å². The van der Waals surface area contributed by atoms with Crippen molar-refractivity contribution in [2.24, 2.45) is 0 Å². The third kappa shape index (κ3) is 7.38. The van der Waals surface area contributed by atoms with Crippen molar-refractivity contribution in [3.63, 3.8) is 0 Å². The van der Waals surface area contributed by atoms with Gasteiger partial charge in [-0.05, 0) is 77.0 Å². The first-order valence-electron chi connectivity index (χ1n) is 14.0. The number of aryl methyl sites for hydroxylation is 1. The Morgan fingerprint density at radius 2 is 1.60 bits per heavy atom. The topological polar surface area (TPSA) is 84.2 Å². The molecule has 1 aliphatic heterocycles. The van der Waals surface area contributed by atoms with Gasteiger partial charge in [-0.25, -0.2) is 13.8 Å². The minimum absolute atomic E-state index is 0. The Morgan fingerprint density at radius 3 is 2.31 bits per heavy atom. The summed E-state index contributed by atoms with van der Waals surface area (Å²) in [6.07, 6.45) is -0.00739. The molecule has 0 saturated carbocycles. The molecule has 0 radical (unpaired) electrons. The van der Waals surface area contributed by atoms with Crippen molar-refractivity contribution in [2.45, 2.75) is 52.5 Å². The molecule has 1 N–H and O–H groups in total. The quantitative estimate of drug-likeness (QED) is 0.247. The van der Waals surface area contributed by atoms with Crippen molar-refractivity contribution in [1.82, 2.24) is 29.4 Å². The Balaban J connectivity index is 0.00000405. The van der Waals surface area contributed by atoms with E-state index < -0.39 is 17.8 Å². The number of rotatable bonds is 11. The normalized spacial score (nSPS) is 14.0. The molecule has 9 nitrogen and oxygen atoms in total. The van der Waals surface area contributed by atoms with Gasteiger partial charge in [0.15, 0.2) is 5.82 Å². The van der Waals surface area contributed by atoms with E-state index in [0.29, 0.717) is 49.2 Å². The molecule has 5 rings (SSSR count). The molecule has 226 valence electrons. The number of fused-ring (bicyclic) bond motifs is 1. The average molecular weight is 581 g/mol. The number of morpholine rings is 1. The molecule has 42 heavy (non-hydrogen) atoms. The van der Waals surface area contributed by atoms with E-state index >= 15 is 0 Å². The number of halogens is 2. The van der Waals surface area contributed by atoms with E-state index in [2.05, 4.69) is 77.4 Å². The summed E-state index contributed by atoms with van der Waals surface area (Å²) in [6.45, 7) is 7.49. The van der Waals surface area contributed by atoms with E-state index in [1.165, 1.54) is 15.7 Å². The third-order valence-electron chi connectivity index (χ3n) is 7.14. The molecule has 0 amide bonds. The molecule has 1 fully saturated rings. The number of nitrogens with zero attached hydrogens (tertiary/aromatic N) is 7. The number of aromatic nitrogens is 5. The number of benzene rings is 2. The number of anilines is 2. The number of hydrogen-bond acceptors (Lipinski definition) is 8. The Labute approximate surface area is 247 Å². The predicted molar refractivity (Wildman–Crippen MR) is 164 cm³/mol. The molecule has 3 heterocycles. The second-order valence-corrected chi connectivity index (χ2v) is 11.3. The molecular weight excluding hydrogens is 538 g/mol. The Bertz CT molecular complexity index is 1470. The Kier molecular flexibility index (Phi) is 10.1. The molecule has 0 spiro atoms. The summed E-state index contributed by atoms with van der Waals surface area (Å²) in [6, 6.07) is 15.5. The first kappa shape index (κ1) is 31.2. The van der Waals surface area contributed by atoms with Gasteiger partial charge in [-0.1, -0.05) is 43.8 Å². The summed E-state index contributed by atoms with van der Waals surface area (Å²) < 4.78 is 35.2. The van der Waals surface area contributed by atoms with Crippen LogP contribution in [-0.2, 0) is 17.6 Å². The second-order valence-electron chi connectivity index (χ2n) is 11.3. The summed E-state index contributed by atoms with van der Waals surface area (Å²) >= 11 is 0. The molecular formula is C31H42F2N8O. The lowest BCUT2D eigenvalue weighted by atomic mass is 9.90. The smallest absolute Gasteiger partial charge is 0.296 e. The molecule has 1 aliphatic rings. The molecule has 0 unspecified atom stereocenters. The van der Waals surface area contributed by atoms with Gasteiger partial charge in [0.1, 0.15) is 0 Å². The zero-order valence-corrected chi connectivity index (χ0v) is 24.1. The largest absolute Gasteiger partial charge is 0.378 e. The zero-order valence-electron chi connectivity index (χ0n) is 24.1. The monoisotopic (exact) mass is 580 g/mol. The summed E-state index contributed by atoms with van der Waals surface area (Å²) in [7, 11) is 4.17. The Hall–Kier alpha value is -3.70. The molecule has 4 aromatic rings. The van der Waals surface area contributed by atoms with Gasteiger partial charge in [0.2, 0.25) is 17.8 Å². The van der Waals surface area contributed by atoms with Gasteiger partial charge in [0.25, 0.3) is 6.43 Å². The molecule has 11 heteroatoms. The minimum Gasteiger partial charge on any atom is -0.378 e. The fourth-order valence-corrected chi connectivity index (χ4v) is 5.20. The van der Waals surface area contributed by atoms with E-state index in [4.69, 9.17) is 9.72 Å². The van der Waals surface area contributed by atoms with Crippen LogP contribution in [0.4, 0.5) is 20.7 Å². The van der Waals surface area contributed by atoms with Crippen molar-refractivity contribution in [3.8, 4) is 5.95 Å². The van der Waals surface area contributed by atoms with Crippen LogP contribution in [0, 0.1) is 0 Å². The van der Waals surface area contributed by atoms with Gasteiger partial charge in [0, 0.05) is 18.6 Å². The highest BCUT2D eigenvalue weighted by Crippen LogP contribution is 2.29. The van der Waals surface area contributed by atoms with Crippen molar-refractivity contribution in [3.05, 3.63) is 65.5 Å². The van der Waals surface area contributed by atoms with Crippen LogP contribution in [0.3, 0.4) is 0 Å². The van der Waals surface area contributed by atoms with E-state index in [1.807, 2.05) is 4.90 Å². The maximum Gasteiger partial charge on any atom is 0.296 e. The number of alkyl halides is 2. The highest BCUT2D eigenvalue weighted by Gasteiger charge is 2.27. The third-order valence-corrected chi connectivity index (χ3v) is 7.14. The number of nitrogens with one attached hydrogen (secondary N) is 1. The highest BCUT2D eigenvalue weighted by atomic mass is 19.3. The molecule has 2 aromatic heterocycles. The molecule has 0 bridgehead atoms. The van der Waals surface area contributed by atoms with Crippen molar-refractivity contribution < 1.29 is 13.5 Å². The lowest BCUT2D eigenvalue weighted by Crippen LogP contribution is -2.39. The lowest BCUT2D eigenvalue weighted by molar-refractivity contribution is 0.122. The van der Waals surface area contributed by atoms with Crippen LogP contribution in [-0.4, -0.2) is 81.9 Å². The SMILES string of the molecule is C.CN(C)CCCc1ccccc1CC(C)(C)Nc1nc(N2CCOCC2)nc(-n2c(C(F)F)nc3ccccc32)n1. The van der Waals surface area contributed by atoms with Crippen LogP contribution in [0.15, 0.2) is 48.5 Å². The molecule has 2 aromatic carbocycles. The van der Waals surface area contributed by atoms with Crippen LogP contribution in [0.25, 0.3) is 17.0 Å². The number of hydrogen-bond donors (Lipinski definition) is 1. The summed E-state index contributed by atoms with van der Waals surface area (Å²) in [5, 5.41) is 3.50. The summed E-state index contributed by atoms with van der Waals surface area (Å²) in [5.41, 5.74) is 3.10. The zero-order chi connectivity index (χ0) is 29.0. The maximum absolute atomic E-state index is 14.2. The molecule has 0 aliphatic carbocycles. The predicted octanol–water partition coefficient (Wildman–Crippen LogP) is 5.55. The average Bonchev–Trinajstić information content (AvgIpc) is 3.34. The van der Waals surface area contributed by atoms with E-state index in [0.717, 1.165) is 25.8 Å². The van der Waals surface area contributed by atoms with E-state index in [-0.39, 0.29) is 13.4 Å². The van der Waals surface area contributed by atoms with Crippen LogP contribution in [0.1, 0.15) is 51.1 Å². The maximum atomic E-state index is 14.2. The fraction of sp³-hybridized carbons (Fsp3) is 0.484. The van der Waals surface area contributed by atoms with Crippen LogP contribution in [0.2, 0.25) is 0 Å². The van der Waals surface area contributed by atoms with E-state index in [9.17, 15) is 8.78 Å². The lowest BCUT2D eigenvalue weighted by Gasteiger charge is -2.30. The number of para-hydroxylation sites is 2. The summed E-state index contributed by atoms with van der Waals surface area (Å²) in [5.74, 6) is 0.443.